The van der Waals surface area contributed by atoms with Gasteiger partial charge in [-0.2, -0.15) is 0 Å². The highest BCUT2D eigenvalue weighted by Crippen LogP contribution is 2.29. The molecule has 0 bridgehead atoms. The maximum atomic E-state index is 9.74. The monoisotopic (exact) mass is 207 g/mol. The normalized spacial score (nSPS) is 20.9. The van der Waals surface area contributed by atoms with E-state index >= 15 is 0 Å². The molecule has 0 aromatic heterocycles. The Labute approximate surface area is 88.2 Å². The summed E-state index contributed by atoms with van der Waals surface area (Å²) in [7, 11) is 0. The second kappa shape index (κ2) is 4.91. The molecule has 80 valence electrons. The number of nitrogens with one attached hydrogen (secondary N) is 1. The lowest BCUT2D eigenvalue weighted by atomic mass is 9.95. The van der Waals surface area contributed by atoms with Crippen molar-refractivity contribution >= 4 is 6.47 Å². The van der Waals surface area contributed by atoms with Crippen LogP contribution in [0.2, 0.25) is 0 Å². The predicted octanol–water partition coefficient (Wildman–Crippen LogP) is 0.772. The standard InChI is InChI=1S/C6H4.C5H9NO3/c1-2-6-4-3-5(1)6;7-4-9-5-3-6-1-2-8-5/h1-4H;4-6H,1-3H2. The minimum atomic E-state index is -0.378. The van der Waals surface area contributed by atoms with Crippen LogP contribution in [-0.4, -0.2) is 32.5 Å². The average molecular weight is 207 g/mol. The molecular formula is C11H13NO3. The Morgan fingerprint density at radius 2 is 2.00 bits per heavy atom. The highest BCUT2D eigenvalue weighted by Gasteiger charge is 2.12. The topological polar surface area (TPSA) is 47.6 Å². The van der Waals surface area contributed by atoms with E-state index in [1.807, 2.05) is 0 Å². The Balaban J connectivity index is 0.000000121. The van der Waals surface area contributed by atoms with Crippen LogP contribution in [0.3, 0.4) is 0 Å². The number of hydrogen-bond donors (Lipinski definition) is 1. The average Bonchev–Trinajstić information content (AvgIpc) is 2.26. The number of fused-ring (bicyclic) bond motifs is 1. The molecule has 3 rings (SSSR count). The molecular weight excluding hydrogens is 194 g/mol. The summed E-state index contributed by atoms with van der Waals surface area (Å²) in [6.45, 7) is 2.44. The smallest absolute Gasteiger partial charge is 0.295 e. The molecule has 1 aliphatic heterocycles. The van der Waals surface area contributed by atoms with Crippen molar-refractivity contribution < 1.29 is 14.3 Å². The maximum Gasteiger partial charge on any atom is 0.295 e. The molecule has 0 amide bonds. The summed E-state index contributed by atoms with van der Waals surface area (Å²) in [6.07, 6.45) is -0.378. The lowest BCUT2D eigenvalue weighted by Gasteiger charge is -2.21. The van der Waals surface area contributed by atoms with Crippen molar-refractivity contribution in [1.82, 2.24) is 5.32 Å². The Morgan fingerprint density at radius 3 is 2.33 bits per heavy atom. The molecule has 3 aliphatic rings. The Kier molecular flexibility index (Phi) is 3.32. The third-order valence-electron chi connectivity index (χ3n) is 2.32. The van der Waals surface area contributed by atoms with E-state index in [1.165, 1.54) is 11.1 Å². The van der Waals surface area contributed by atoms with Crippen molar-refractivity contribution in [3.8, 4) is 11.1 Å². The minimum absolute atomic E-state index is 0.378. The molecule has 2 aliphatic carbocycles. The third-order valence-corrected chi connectivity index (χ3v) is 2.32. The fourth-order valence-electron chi connectivity index (χ4n) is 1.35. The van der Waals surface area contributed by atoms with Gasteiger partial charge in [-0.15, -0.1) is 0 Å². The Bertz CT molecular complexity index is 296. The van der Waals surface area contributed by atoms with Gasteiger partial charge >= 0.3 is 0 Å². The molecule has 0 saturated carbocycles. The van der Waals surface area contributed by atoms with Gasteiger partial charge in [-0.3, -0.25) is 4.79 Å². The second-order valence-electron chi connectivity index (χ2n) is 3.31. The number of morpholine rings is 1. The molecule has 1 atom stereocenters. The number of hydrogen-bond acceptors (Lipinski definition) is 4. The van der Waals surface area contributed by atoms with Crippen LogP contribution in [0.5, 0.6) is 0 Å². The van der Waals surface area contributed by atoms with Crippen LogP contribution in [0, 0.1) is 0 Å². The van der Waals surface area contributed by atoms with Crippen LogP contribution in [0.15, 0.2) is 24.3 Å². The van der Waals surface area contributed by atoms with Gasteiger partial charge in [0.2, 0.25) is 6.29 Å². The Morgan fingerprint density at radius 1 is 1.33 bits per heavy atom. The van der Waals surface area contributed by atoms with Gasteiger partial charge < -0.3 is 14.8 Å². The maximum absolute atomic E-state index is 9.74. The highest BCUT2D eigenvalue weighted by atomic mass is 16.7. The zero-order valence-corrected chi connectivity index (χ0v) is 8.31. The van der Waals surface area contributed by atoms with Crippen molar-refractivity contribution in [3.05, 3.63) is 24.3 Å². The van der Waals surface area contributed by atoms with Gasteiger partial charge in [0.15, 0.2) is 0 Å². The largest absolute Gasteiger partial charge is 0.437 e. The van der Waals surface area contributed by atoms with Crippen molar-refractivity contribution in [1.29, 1.82) is 0 Å². The summed E-state index contributed by atoms with van der Waals surface area (Å²) < 4.78 is 9.52. The van der Waals surface area contributed by atoms with E-state index in [0.717, 1.165) is 6.54 Å². The van der Waals surface area contributed by atoms with E-state index in [0.29, 0.717) is 19.6 Å². The molecule has 1 unspecified atom stereocenters. The molecule has 0 spiro atoms. The number of rotatable bonds is 2. The van der Waals surface area contributed by atoms with Crippen molar-refractivity contribution in [2.45, 2.75) is 6.29 Å². The van der Waals surface area contributed by atoms with Crippen LogP contribution < -0.4 is 5.32 Å². The summed E-state index contributed by atoms with van der Waals surface area (Å²) in [5.41, 5.74) is 2.85. The first kappa shape index (κ1) is 10.1. The molecule has 1 N–H and O–H groups in total. The molecule has 15 heavy (non-hydrogen) atoms. The lowest BCUT2D eigenvalue weighted by molar-refractivity contribution is -0.168. The quantitative estimate of drug-likeness (QED) is 0.739. The van der Waals surface area contributed by atoms with Crippen LogP contribution in [0.4, 0.5) is 0 Å². The van der Waals surface area contributed by atoms with E-state index in [-0.39, 0.29) is 6.29 Å². The Hall–Kier alpha value is -1.39. The number of ether oxygens (including phenoxy) is 2. The van der Waals surface area contributed by atoms with Crippen molar-refractivity contribution in [3.63, 3.8) is 0 Å². The summed E-state index contributed by atoms with van der Waals surface area (Å²) >= 11 is 0. The fraction of sp³-hybridized carbons (Fsp3) is 0.364. The molecule has 0 aromatic rings. The fourth-order valence-corrected chi connectivity index (χ4v) is 1.35. The summed E-state index contributed by atoms with van der Waals surface area (Å²) in [6, 6.07) is 8.48. The highest BCUT2D eigenvalue weighted by molar-refractivity contribution is 5.75. The zero-order chi connectivity index (χ0) is 10.5. The number of benzene rings is 1. The summed E-state index contributed by atoms with van der Waals surface area (Å²) in [5, 5.41) is 3.01. The molecule has 4 heteroatoms. The third kappa shape index (κ3) is 2.55. The predicted molar refractivity (Wildman–Crippen MR) is 55.2 cm³/mol. The number of carbonyl (C=O) groups is 1. The van der Waals surface area contributed by atoms with Crippen LogP contribution in [0.1, 0.15) is 0 Å². The van der Waals surface area contributed by atoms with Crippen LogP contribution in [-0.2, 0) is 14.3 Å². The van der Waals surface area contributed by atoms with E-state index in [4.69, 9.17) is 4.74 Å². The molecule has 0 aromatic carbocycles. The second-order valence-corrected chi connectivity index (χ2v) is 3.31. The summed E-state index contributed by atoms with van der Waals surface area (Å²) in [4.78, 5) is 9.74. The van der Waals surface area contributed by atoms with Crippen molar-refractivity contribution in [2.24, 2.45) is 0 Å². The van der Waals surface area contributed by atoms with Gasteiger partial charge in [0.05, 0.1) is 13.2 Å². The first-order chi connectivity index (χ1) is 7.40. The van der Waals surface area contributed by atoms with Crippen LogP contribution >= 0.6 is 0 Å². The number of carbonyl (C=O) groups excluding carboxylic acids is 1. The molecule has 1 fully saturated rings. The van der Waals surface area contributed by atoms with Gasteiger partial charge in [0, 0.05) is 6.54 Å². The zero-order valence-electron chi connectivity index (χ0n) is 8.31. The van der Waals surface area contributed by atoms with Gasteiger partial charge in [0.25, 0.3) is 6.47 Å². The lowest BCUT2D eigenvalue weighted by Crippen LogP contribution is -2.39. The molecule has 1 heterocycles. The van der Waals surface area contributed by atoms with Crippen molar-refractivity contribution in [2.75, 3.05) is 19.7 Å². The van der Waals surface area contributed by atoms with E-state index in [9.17, 15) is 4.79 Å². The van der Waals surface area contributed by atoms with E-state index in [2.05, 4.69) is 34.3 Å². The van der Waals surface area contributed by atoms with Gasteiger partial charge in [-0.25, -0.2) is 0 Å². The van der Waals surface area contributed by atoms with E-state index in [1.54, 1.807) is 0 Å². The molecule has 1 saturated heterocycles. The van der Waals surface area contributed by atoms with Gasteiger partial charge in [-0.1, -0.05) is 24.3 Å². The minimum Gasteiger partial charge on any atom is -0.437 e. The van der Waals surface area contributed by atoms with E-state index < -0.39 is 0 Å². The molecule has 0 radical (unpaired) electrons. The SMILES string of the molecule is O=COC1CNCCO1.c1cc2ccc1-2. The first-order valence-corrected chi connectivity index (χ1v) is 4.92. The first-order valence-electron chi connectivity index (χ1n) is 4.92. The summed E-state index contributed by atoms with van der Waals surface area (Å²) in [5.74, 6) is 0. The van der Waals surface area contributed by atoms with Gasteiger partial charge in [0.1, 0.15) is 0 Å². The molecule has 4 nitrogen and oxygen atoms in total. The van der Waals surface area contributed by atoms with Crippen LogP contribution in [0.25, 0.3) is 11.1 Å². The van der Waals surface area contributed by atoms with Gasteiger partial charge in [-0.05, 0) is 11.1 Å².